The van der Waals surface area contributed by atoms with E-state index in [0.717, 1.165) is 29.8 Å². The van der Waals surface area contributed by atoms with Gasteiger partial charge >= 0.3 is 5.97 Å². The van der Waals surface area contributed by atoms with E-state index in [1.54, 1.807) is 12.2 Å². The van der Waals surface area contributed by atoms with Crippen LogP contribution in [0.3, 0.4) is 0 Å². The second-order valence-electron chi connectivity index (χ2n) is 6.60. The van der Waals surface area contributed by atoms with E-state index in [9.17, 15) is 19.8 Å². The zero-order valence-corrected chi connectivity index (χ0v) is 17.8. The van der Waals surface area contributed by atoms with Crippen LogP contribution < -0.4 is 4.74 Å². The Labute approximate surface area is 184 Å². The summed E-state index contributed by atoms with van der Waals surface area (Å²) in [7, 11) is 0. The molecule has 0 unspecified atom stereocenters. The number of carboxylic acids is 1. The van der Waals surface area contributed by atoms with Crippen molar-refractivity contribution in [2.24, 2.45) is 4.99 Å². The highest BCUT2D eigenvalue weighted by Crippen LogP contribution is 2.36. The van der Waals surface area contributed by atoms with Crippen LogP contribution in [0.25, 0.3) is 6.08 Å². The van der Waals surface area contributed by atoms with Gasteiger partial charge in [0.15, 0.2) is 5.17 Å². The number of phenols is 1. The second-order valence-corrected chi connectivity index (χ2v) is 7.61. The molecule has 0 aliphatic carbocycles. The molecule has 7 nitrogen and oxygen atoms in total. The number of carboxylic acid groups (broad SMARTS) is 1. The smallest absolute Gasteiger partial charge is 0.338 e. The fourth-order valence-corrected chi connectivity index (χ4v) is 3.85. The molecule has 1 heterocycles. The summed E-state index contributed by atoms with van der Waals surface area (Å²) in [5.41, 5.74) is 0.750. The summed E-state index contributed by atoms with van der Waals surface area (Å²) in [6, 6.07) is 11.3. The van der Waals surface area contributed by atoms with E-state index >= 15 is 0 Å². The molecule has 1 amide bonds. The SMILES string of the molecule is C=CCN1C(=O)/C(=C/c2ccccc2OCCC)SC1=Nc1ccc(O)cc1C(=O)O. The second kappa shape index (κ2) is 9.99. The number of carbonyl (C=O) groups is 2. The molecule has 0 saturated carbocycles. The number of aromatic carboxylic acids is 1. The number of phenolic OH excluding ortho intramolecular Hbond substituents is 1. The molecule has 3 rings (SSSR count). The monoisotopic (exact) mass is 438 g/mol. The molecule has 2 aromatic carbocycles. The van der Waals surface area contributed by atoms with Gasteiger partial charge in [0.1, 0.15) is 11.5 Å². The summed E-state index contributed by atoms with van der Waals surface area (Å²) in [6.45, 7) is 6.49. The quantitative estimate of drug-likeness (QED) is 0.459. The highest BCUT2D eigenvalue weighted by Gasteiger charge is 2.33. The first-order chi connectivity index (χ1) is 14.9. The molecule has 0 radical (unpaired) electrons. The Morgan fingerprint density at radius 3 is 2.77 bits per heavy atom. The number of ether oxygens (including phenoxy) is 1. The van der Waals surface area contributed by atoms with Gasteiger partial charge in [-0.3, -0.25) is 9.69 Å². The summed E-state index contributed by atoms with van der Waals surface area (Å²) >= 11 is 1.14. The average molecular weight is 439 g/mol. The van der Waals surface area contributed by atoms with Gasteiger partial charge in [0.05, 0.1) is 22.8 Å². The van der Waals surface area contributed by atoms with Crippen molar-refractivity contribution >= 4 is 40.6 Å². The first kappa shape index (κ1) is 22.2. The van der Waals surface area contributed by atoms with E-state index in [4.69, 9.17) is 4.74 Å². The van der Waals surface area contributed by atoms with Crippen LogP contribution in [0.2, 0.25) is 0 Å². The molecule has 1 fully saturated rings. The van der Waals surface area contributed by atoms with Crippen LogP contribution in [0, 0.1) is 0 Å². The largest absolute Gasteiger partial charge is 0.508 e. The fraction of sp³-hybridized carbons (Fsp3) is 0.174. The minimum atomic E-state index is -1.22. The maximum atomic E-state index is 13.0. The third-order valence-corrected chi connectivity index (χ3v) is 5.30. The molecular weight excluding hydrogens is 416 g/mol. The summed E-state index contributed by atoms with van der Waals surface area (Å²) in [5.74, 6) is -0.983. The topological polar surface area (TPSA) is 99.4 Å². The Hall–Kier alpha value is -3.52. The lowest BCUT2D eigenvalue weighted by Crippen LogP contribution is -2.29. The summed E-state index contributed by atoms with van der Waals surface area (Å²) in [4.78, 5) is 30.8. The number of aromatic hydroxyl groups is 1. The number of amides is 1. The van der Waals surface area contributed by atoms with Crippen molar-refractivity contribution in [3.05, 3.63) is 71.2 Å². The van der Waals surface area contributed by atoms with Crippen LogP contribution in [0.4, 0.5) is 5.69 Å². The molecule has 1 aliphatic heterocycles. The van der Waals surface area contributed by atoms with E-state index in [1.165, 1.54) is 17.0 Å². The van der Waals surface area contributed by atoms with Crippen molar-refractivity contribution in [2.75, 3.05) is 13.2 Å². The summed E-state index contributed by atoms with van der Waals surface area (Å²) in [5, 5.41) is 19.4. The number of carbonyl (C=O) groups excluding carboxylic acids is 1. The molecule has 31 heavy (non-hydrogen) atoms. The van der Waals surface area contributed by atoms with E-state index in [0.29, 0.717) is 22.4 Å². The molecule has 0 bridgehead atoms. The third kappa shape index (κ3) is 5.16. The Balaban J connectivity index is 2.01. The molecule has 8 heteroatoms. The first-order valence-corrected chi connectivity index (χ1v) is 10.4. The van der Waals surface area contributed by atoms with E-state index < -0.39 is 5.97 Å². The van der Waals surface area contributed by atoms with Gasteiger partial charge in [-0.25, -0.2) is 9.79 Å². The molecular formula is C23H22N2O5S. The third-order valence-electron chi connectivity index (χ3n) is 4.29. The van der Waals surface area contributed by atoms with E-state index in [2.05, 4.69) is 11.6 Å². The lowest BCUT2D eigenvalue weighted by Gasteiger charge is -2.13. The number of benzene rings is 2. The zero-order chi connectivity index (χ0) is 22.4. The van der Waals surface area contributed by atoms with Crippen molar-refractivity contribution in [3.8, 4) is 11.5 Å². The van der Waals surface area contributed by atoms with Crippen molar-refractivity contribution in [3.63, 3.8) is 0 Å². The summed E-state index contributed by atoms with van der Waals surface area (Å²) < 4.78 is 5.77. The van der Waals surface area contributed by atoms with Gasteiger partial charge in [-0.05, 0) is 48.5 Å². The number of hydrogen-bond acceptors (Lipinski definition) is 6. The van der Waals surface area contributed by atoms with Crippen LogP contribution in [0.1, 0.15) is 29.3 Å². The Morgan fingerprint density at radius 2 is 2.06 bits per heavy atom. The van der Waals surface area contributed by atoms with Gasteiger partial charge < -0.3 is 14.9 Å². The average Bonchev–Trinajstić information content (AvgIpc) is 3.03. The van der Waals surface area contributed by atoms with Crippen LogP contribution >= 0.6 is 11.8 Å². The molecule has 0 atom stereocenters. The number of amidine groups is 1. The molecule has 1 saturated heterocycles. The highest BCUT2D eigenvalue weighted by atomic mass is 32.2. The fourth-order valence-electron chi connectivity index (χ4n) is 2.86. The van der Waals surface area contributed by atoms with Gasteiger partial charge in [-0.2, -0.15) is 0 Å². The lowest BCUT2D eigenvalue weighted by molar-refractivity contribution is -0.121. The van der Waals surface area contributed by atoms with E-state index in [1.807, 2.05) is 31.2 Å². The van der Waals surface area contributed by atoms with Crippen molar-refractivity contribution in [1.29, 1.82) is 0 Å². The predicted molar refractivity (Wildman–Crippen MR) is 122 cm³/mol. The van der Waals surface area contributed by atoms with E-state index in [-0.39, 0.29) is 29.5 Å². The Kier molecular flexibility index (Phi) is 7.15. The van der Waals surface area contributed by atoms with Crippen LogP contribution in [0.5, 0.6) is 11.5 Å². The predicted octanol–water partition coefficient (Wildman–Crippen LogP) is 4.67. The maximum absolute atomic E-state index is 13.0. The first-order valence-electron chi connectivity index (χ1n) is 9.63. The van der Waals surface area contributed by atoms with Gasteiger partial charge in [0.2, 0.25) is 0 Å². The lowest BCUT2D eigenvalue weighted by atomic mass is 10.1. The molecule has 0 spiro atoms. The van der Waals surface area contributed by atoms with Crippen molar-refractivity contribution in [2.45, 2.75) is 13.3 Å². The number of nitrogens with zero attached hydrogens (tertiary/aromatic N) is 2. The van der Waals surface area contributed by atoms with Crippen LogP contribution in [-0.2, 0) is 4.79 Å². The molecule has 1 aliphatic rings. The van der Waals surface area contributed by atoms with Gasteiger partial charge in [-0.1, -0.05) is 31.2 Å². The van der Waals surface area contributed by atoms with Crippen molar-refractivity contribution in [1.82, 2.24) is 4.90 Å². The Morgan fingerprint density at radius 1 is 1.29 bits per heavy atom. The number of hydrogen-bond donors (Lipinski definition) is 2. The molecule has 160 valence electrons. The number of rotatable bonds is 8. The Bertz CT molecular complexity index is 1080. The van der Waals surface area contributed by atoms with Gasteiger partial charge in [0.25, 0.3) is 5.91 Å². The van der Waals surface area contributed by atoms with Crippen LogP contribution in [-0.4, -0.2) is 45.3 Å². The highest BCUT2D eigenvalue weighted by molar-refractivity contribution is 8.18. The normalized spacial score (nSPS) is 16.2. The minimum absolute atomic E-state index is 0.141. The number of para-hydroxylation sites is 1. The number of aliphatic imine (C=N–C) groups is 1. The van der Waals surface area contributed by atoms with Crippen LogP contribution in [0.15, 0.2) is 65.0 Å². The van der Waals surface area contributed by atoms with Crippen molar-refractivity contribution < 1.29 is 24.5 Å². The zero-order valence-electron chi connectivity index (χ0n) is 16.9. The molecule has 2 N–H and O–H groups in total. The minimum Gasteiger partial charge on any atom is -0.508 e. The van der Waals surface area contributed by atoms with Gasteiger partial charge in [-0.15, -0.1) is 6.58 Å². The molecule has 2 aromatic rings. The van der Waals surface area contributed by atoms with Gasteiger partial charge in [0, 0.05) is 12.1 Å². The number of thioether (sulfide) groups is 1. The maximum Gasteiger partial charge on any atom is 0.338 e. The standard InChI is InChI=1S/C23H22N2O5S/c1-3-11-25-21(27)20(13-15-7-5-6-8-19(15)30-12-4-2)31-23(25)24-18-10-9-16(26)14-17(18)22(28)29/h3,5-10,13-14,26H,1,4,11-12H2,2H3,(H,28,29)/b20-13-,24-23?. The summed E-state index contributed by atoms with van der Waals surface area (Å²) in [6.07, 6.45) is 4.18. The molecule has 0 aromatic heterocycles.